The second kappa shape index (κ2) is 12.1. The summed E-state index contributed by atoms with van der Waals surface area (Å²) in [6, 6.07) is 8.88. The average molecular weight is 538 g/mol. The van der Waals surface area contributed by atoms with Gasteiger partial charge in [0, 0.05) is 48.5 Å². The molecule has 0 spiro atoms. The molecule has 1 saturated heterocycles. The fraction of sp³-hybridized carbons (Fsp3) is 0.500. The van der Waals surface area contributed by atoms with E-state index in [1.807, 2.05) is 13.0 Å². The number of rotatable bonds is 6. The van der Waals surface area contributed by atoms with Crippen LogP contribution < -0.4 is 15.5 Å². The molecule has 1 aromatic carbocycles. The number of halogens is 2. The molecule has 1 atom stereocenters. The molecule has 0 radical (unpaired) electrons. The van der Waals surface area contributed by atoms with Gasteiger partial charge in [0.15, 0.2) is 5.16 Å². The first-order valence-electron chi connectivity index (χ1n) is 11.9. The van der Waals surface area contributed by atoms with Crippen LogP contribution in [0.2, 0.25) is 10.2 Å². The fourth-order valence-electron chi connectivity index (χ4n) is 4.49. The molecule has 35 heavy (non-hydrogen) atoms. The number of carbonyl (C=O) groups excluding carboxylic acids is 2. The van der Waals surface area contributed by atoms with Crippen molar-refractivity contribution in [2.24, 2.45) is 0 Å². The number of hydrogen-bond acceptors (Lipinski definition) is 6. The SMILES string of the molecule is CC1CN(c2cc(Cl)nc(SCC(=O)NC3CCCCC3)n2)CCN1C(=O)Nc1cccc(Cl)c1. The van der Waals surface area contributed by atoms with Crippen molar-refractivity contribution in [2.45, 2.75) is 56.3 Å². The maximum absolute atomic E-state index is 12.8. The Morgan fingerprint density at radius 1 is 1.11 bits per heavy atom. The number of nitrogens with zero attached hydrogens (tertiary/aromatic N) is 4. The molecule has 1 saturated carbocycles. The summed E-state index contributed by atoms with van der Waals surface area (Å²) in [5.41, 5.74) is 0.661. The maximum Gasteiger partial charge on any atom is 0.322 e. The van der Waals surface area contributed by atoms with Gasteiger partial charge < -0.3 is 20.4 Å². The van der Waals surface area contributed by atoms with Gasteiger partial charge in [-0.05, 0) is 38.0 Å². The highest BCUT2D eigenvalue weighted by Gasteiger charge is 2.29. The van der Waals surface area contributed by atoms with Crippen molar-refractivity contribution < 1.29 is 9.59 Å². The van der Waals surface area contributed by atoms with E-state index in [9.17, 15) is 9.59 Å². The smallest absolute Gasteiger partial charge is 0.322 e. The van der Waals surface area contributed by atoms with Crippen molar-refractivity contribution in [2.75, 3.05) is 35.6 Å². The zero-order chi connectivity index (χ0) is 24.8. The summed E-state index contributed by atoms with van der Waals surface area (Å²) in [6.07, 6.45) is 5.70. The standard InChI is InChI=1S/C24H30Cl2N6O2S/c1-16-14-31(10-11-32(16)24(34)28-19-9-5-6-17(25)12-19)21-13-20(26)29-23(30-21)35-15-22(33)27-18-7-3-2-4-8-18/h5-6,9,12-13,16,18H,2-4,7-8,10-11,14-15H2,1H3,(H,27,33)(H,28,34). The minimum absolute atomic E-state index is 0.0000204. The van der Waals surface area contributed by atoms with Crippen LogP contribution in [0.1, 0.15) is 39.0 Å². The van der Waals surface area contributed by atoms with Gasteiger partial charge in [0.05, 0.1) is 5.75 Å². The molecule has 0 bridgehead atoms. The molecule has 2 aromatic rings. The lowest BCUT2D eigenvalue weighted by Crippen LogP contribution is -2.55. The predicted molar refractivity (Wildman–Crippen MR) is 142 cm³/mol. The van der Waals surface area contributed by atoms with Gasteiger partial charge in [-0.1, -0.05) is 60.3 Å². The number of anilines is 2. The molecule has 1 aliphatic heterocycles. The quantitative estimate of drug-likeness (QED) is 0.304. The van der Waals surface area contributed by atoms with Crippen LogP contribution in [-0.4, -0.2) is 64.3 Å². The van der Waals surface area contributed by atoms with Crippen molar-refractivity contribution in [3.63, 3.8) is 0 Å². The lowest BCUT2D eigenvalue weighted by atomic mass is 9.95. The van der Waals surface area contributed by atoms with E-state index in [2.05, 4.69) is 25.5 Å². The van der Waals surface area contributed by atoms with Crippen LogP contribution in [-0.2, 0) is 4.79 Å². The molecule has 4 rings (SSSR count). The molecule has 8 nitrogen and oxygen atoms in total. The van der Waals surface area contributed by atoms with E-state index in [0.29, 0.717) is 46.5 Å². The fourth-order valence-corrected chi connectivity index (χ4v) is 5.57. The third-order valence-electron chi connectivity index (χ3n) is 6.25. The molecule has 188 valence electrons. The summed E-state index contributed by atoms with van der Waals surface area (Å²) in [7, 11) is 0. The van der Waals surface area contributed by atoms with Crippen LogP contribution in [0.3, 0.4) is 0 Å². The van der Waals surface area contributed by atoms with E-state index in [-0.39, 0.29) is 29.8 Å². The minimum atomic E-state index is -0.166. The van der Waals surface area contributed by atoms with Gasteiger partial charge in [-0.2, -0.15) is 0 Å². The third-order valence-corrected chi connectivity index (χ3v) is 7.53. The Labute approximate surface area is 220 Å². The second-order valence-electron chi connectivity index (χ2n) is 8.95. The Morgan fingerprint density at radius 3 is 2.66 bits per heavy atom. The molecule has 2 aliphatic rings. The summed E-state index contributed by atoms with van der Waals surface area (Å²) in [5.74, 6) is 0.950. The Bertz CT molecular complexity index is 1050. The lowest BCUT2D eigenvalue weighted by molar-refractivity contribution is -0.119. The monoisotopic (exact) mass is 536 g/mol. The van der Waals surface area contributed by atoms with Crippen LogP contribution in [0.5, 0.6) is 0 Å². The number of amides is 3. The van der Waals surface area contributed by atoms with Gasteiger partial charge >= 0.3 is 6.03 Å². The number of aromatic nitrogens is 2. The molecule has 1 unspecified atom stereocenters. The van der Waals surface area contributed by atoms with E-state index in [4.69, 9.17) is 23.2 Å². The van der Waals surface area contributed by atoms with Gasteiger partial charge in [-0.15, -0.1) is 0 Å². The Hall–Kier alpha value is -2.23. The van der Waals surface area contributed by atoms with Gasteiger partial charge in [-0.25, -0.2) is 14.8 Å². The molecular formula is C24H30Cl2N6O2S. The van der Waals surface area contributed by atoms with Crippen LogP contribution in [0, 0.1) is 0 Å². The molecule has 1 aliphatic carbocycles. The van der Waals surface area contributed by atoms with E-state index < -0.39 is 0 Å². The van der Waals surface area contributed by atoms with Gasteiger partial charge in [0.25, 0.3) is 0 Å². The van der Waals surface area contributed by atoms with Crippen LogP contribution in [0.25, 0.3) is 0 Å². The first-order valence-corrected chi connectivity index (χ1v) is 13.7. The summed E-state index contributed by atoms with van der Waals surface area (Å²) in [6.45, 7) is 3.73. The van der Waals surface area contributed by atoms with E-state index in [1.165, 1.54) is 31.0 Å². The highest BCUT2D eigenvalue weighted by atomic mass is 35.5. The predicted octanol–water partition coefficient (Wildman–Crippen LogP) is 5.07. The molecule has 2 heterocycles. The Morgan fingerprint density at radius 2 is 1.91 bits per heavy atom. The van der Waals surface area contributed by atoms with Crippen LogP contribution in [0.15, 0.2) is 35.5 Å². The molecule has 11 heteroatoms. The zero-order valence-corrected chi connectivity index (χ0v) is 22.0. The Balaban J connectivity index is 1.32. The number of piperazine rings is 1. The summed E-state index contributed by atoms with van der Waals surface area (Å²) >= 11 is 13.6. The van der Waals surface area contributed by atoms with Gasteiger partial charge in [-0.3, -0.25) is 4.79 Å². The van der Waals surface area contributed by atoms with Gasteiger partial charge in [0.1, 0.15) is 11.0 Å². The number of nitrogens with one attached hydrogen (secondary N) is 2. The number of hydrogen-bond donors (Lipinski definition) is 2. The van der Waals surface area contributed by atoms with E-state index in [0.717, 1.165) is 12.8 Å². The van der Waals surface area contributed by atoms with Crippen LogP contribution in [0.4, 0.5) is 16.3 Å². The second-order valence-corrected chi connectivity index (χ2v) is 10.7. The number of urea groups is 1. The van der Waals surface area contributed by atoms with Gasteiger partial charge in [0.2, 0.25) is 5.91 Å². The summed E-state index contributed by atoms with van der Waals surface area (Å²) in [5, 5.41) is 7.40. The number of benzene rings is 1. The molecule has 3 amide bonds. The first kappa shape index (κ1) is 25.9. The van der Waals surface area contributed by atoms with E-state index in [1.54, 1.807) is 29.2 Å². The molecule has 2 fully saturated rings. The van der Waals surface area contributed by atoms with Crippen molar-refractivity contribution in [1.29, 1.82) is 0 Å². The summed E-state index contributed by atoms with van der Waals surface area (Å²) < 4.78 is 0. The van der Waals surface area contributed by atoms with E-state index >= 15 is 0 Å². The third kappa shape index (κ3) is 7.38. The lowest BCUT2D eigenvalue weighted by Gasteiger charge is -2.40. The average Bonchev–Trinajstić information content (AvgIpc) is 2.83. The zero-order valence-electron chi connectivity index (χ0n) is 19.7. The largest absolute Gasteiger partial charge is 0.353 e. The highest BCUT2D eigenvalue weighted by Crippen LogP contribution is 2.25. The van der Waals surface area contributed by atoms with Crippen LogP contribution >= 0.6 is 35.0 Å². The maximum atomic E-state index is 12.8. The molecule has 2 N–H and O–H groups in total. The summed E-state index contributed by atoms with van der Waals surface area (Å²) in [4.78, 5) is 38.0. The topological polar surface area (TPSA) is 90.5 Å². The molecular weight excluding hydrogens is 507 g/mol. The Kier molecular flexibility index (Phi) is 8.97. The van der Waals surface area contributed by atoms with Crippen molar-refractivity contribution in [3.05, 3.63) is 40.5 Å². The normalized spacial score (nSPS) is 18.9. The number of carbonyl (C=O) groups is 2. The van der Waals surface area contributed by atoms with Crippen molar-refractivity contribution in [3.8, 4) is 0 Å². The number of thioether (sulfide) groups is 1. The highest BCUT2D eigenvalue weighted by molar-refractivity contribution is 7.99. The molecule has 1 aromatic heterocycles. The minimum Gasteiger partial charge on any atom is -0.353 e. The van der Waals surface area contributed by atoms with Crippen molar-refractivity contribution in [1.82, 2.24) is 20.2 Å². The van der Waals surface area contributed by atoms with Crippen molar-refractivity contribution >= 4 is 58.4 Å². The first-order chi connectivity index (χ1) is 16.9.